The topological polar surface area (TPSA) is 37.4 Å². The Morgan fingerprint density at radius 2 is 1.40 bits per heavy atom. The van der Waals surface area contributed by atoms with Crippen LogP contribution in [0.25, 0.3) is 0 Å². The molecule has 4 rings (SSSR count). The molecule has 1 aromatic carbocycles. The number of fused-ring (bicyclic) bond motifs is 5. The molecule has 3 fully saturated rings. The van der Waals surface area contributed by atoms with Gasteiger partial charge >= 0.3 is 0 Å². The van der Waals surface area contributed by atoms with Gasteiger partial charge in [-0.15, -0.1) is 0 Å². The van der Waals surface area contributed by atoms with E-state index >= 15 is 0 Å². The lowest BCUT2D eigenvalue weighted by Crippen LogP contribution is -2.32. The molecule has 104 valence electrons. The first-order chi connectivity index (χ1) is 9.56. The Kier molecular flexibility index (Phi) is 2.67. The van der Waals surface area contributed by atoms with E-state index in [-0.39, 0.29) is 23.7 Å². The largest absolute Gasteiger partial charge is 0.274 e. The molecule has 20 heavy (non-hydrogen) atoms. The zero-order valence-electron chi connectivity index (χ0n) is 10.7. The Hall–Kier alpha value is -1.06. The average Bonchev–Trinajstić information content (AvgIpc) is 3.02. The number of carbonyl (C=O) groups is 2. The summed E-state index contributed by atoms with van der Waals surface area (Å²) in [6.45, 7) is 0. The Bertz CT molecular complexity index is 582. The van der Waals surface area contributed by atoms with Gasteiger partial charge < -0.3 is 0 Å². The Morgan fingerprint density at radius 3 is 1.90 bits per heavy atom. The molecule has 2 amide bonds. The fraction of sp³-hybridized carbons (Fsp3) is 0.467. The second kappa shape index (κ2) is 4.22. The number of anilines is 1. The molecular formula is C15H13Cl2NO2. The molecule has 1 heterocycles. The van der Waals surface area contributed by atoms with Crippen molar-refractivity contribution in [2.24, 2.45) is 23.7 Å². The smallest absolute Gasteiger partial charge is 0.237 e. The maximum Gasteiger partial charge on any atom is 0.237 e. The van der Waals surface area contributed by atoms with Crippen molar-refractivity contribution in [3.8, 4) is 0 Å². The predicted molar refractivity (Wildman–Crippen MR) is 76.8 cm³/mol. The van der Waals surface area contributed by atoms with Crippen LogP contribution in [0.3, 0.4) is 0 Å². The van der Waals surface area contributed by atoms with Crippen molar-refractivity contribution >= 4 is 40.7 Å². The molecule has 2 saturated carbocycles. The van der Waals surface area contributed by atoms with Crippen LogP contribution in [-0.4, -0.2) is 11.8 Å². The molecule has 1 aromatic rings. The lowest BCUT2D eigenvalue weighted by atomic mass is 9.81. The minimum absolute atomic E-state index is 0.0643. The molecule has 4 unspecified atom stereocenters. The van der Waals surface area contributed by atoms with Gasteiger partial charge in [0, 0.05) is 10.0 Å². The summed E-state index contributed by atoms with van der Waals surface area (Å²) in [7, 11) is 0. The number of halogens is 2. The molecule has 2 aliphatic carbocycles. The van der Waals surface area contributed by atoms with Gasteiger partial charge in [0.05, 0.1) is 17.5 Å². The molecule has 0 radical (unpaired) electrons. The van der Waals surface area contributed by atoms with E-state index < -0.39 is 0 Å². The summed E-state index contributed by atoms with van der Waals surface area (Å²) in [6, 6.07) is 4.86. The molecule has 4 atom stereocenters. The van der Waals surface area contributed by atoms with E-state index in [0.717, 1.165) is 19.3 Å². The SMILES string of the molecule is O=C1C2C3CCC(C3)C2C(=O)N1c1cc(Cl)cc(Cl)c1. The second-order valence-corrected chi connectivity index (χ2v) is 6.90. The maximum absolute atomic E-state index is 12.6. The molecule has 3 aliphatic rings. The summed E-state index contributed by atoms with van der Waals surface area (Å²) in [5.74, 6) is 0.427. The van der Waals surface area contributed by atoms with Crippen molar-refractivity contribution in [2.45, 2.75) is 19.3 Å². The number of hydrogen-bond acceptors (Lipinski definition) is 2. The van der Waals surface area contributed by atoms with Gasteiger partial charge in [-0.3, -0.25) is 9.59 Å². The standard InChI is InChI=1S/C15H13Cl2NO2/c16-9-4-10(17)6-11(5-9)18-14(19)12-7-1-2-8(3-7)13(12)15(18)20/h4-8,12-13H,1-3H2. The number of imide groups is 1. The van der Waals surface area contributed by atoms with Crippen LogP contribution in [0.15, 0.2) is 18.2 Å². The third-order valence-corrected chi connectivity index (χ3v) is 5.47. The number of amides is 2. The Labute approximate surface area is 126 Å². The summed E-state index contributed by atoms with van der Waals surface area (Å²) in [5.41, 5.74) is 0.506. The molecule has 0 spiro atoms. The highest BCUT2D eigenvalue weighted by molar-refractivity contribution is 6.35. The monoisotopic (exact) mass is 309 g/mol. The van der Waals surface area contributed by atoms with Gasteiger partial charge in [0.2, 0.25) is 11.8 Å². The Balaban J connectivity index is 1.76. The van der Waals surface area contributed by atoms with Crippen LogP contribution >= 0.6 is 23.2 Å². The van der Waals surface area contributed by atoms with Crippen LogP contribution in [-0.2, 0) is 9.59 Å². The number of rotatable bonds is 1. The quantitative estimate of drug-likeness (QED) is 0.744. The first-order valence-corrected chi connectivity index (χ1v) is 7.66. The van der Waals surface area contributed by atoms with Crippen molar-refractivity contribution < 1.29 is 9.59 Å². The second-order valence-electron chi connectivity index (χ2n) is 6.02. The van der Waals surface area contributed by atoms with E-state index in [0.29, 0.717) is 27.6 Å². The van der Waals surface area contributed by atoms with Crippen molar-refractivity contribution in [1.82, 2.24) is 0 Å². The third-order valence-electron chi connectivity index (χ3n) is 5.03. The summed E-state index contributed by atoms with van der Waals surface area (Å²) in [5, 5.41) is 0.876. The fourth-order valence-corrected chi connectivity index (χ4v) is 4.85. The first-order valence-electron chi connectivity index (χ1n) is 6.90. The first kappa shape index (κ1) is 12.7. The van der Waals surface area contributed by atoms with E-state index in [9.17, 15) is 9.59 Å². The number of hydrogen-bond donors (Lipinski definition) is 0. The minimum Gasteiger partial charge on any atom is -0.274 e. The molecular weight excluding hydrogens is 297 g/mol. The minimum atomic E-state index is -0.112. The van der Waals surface area contributed by atoms with Crippen LogP contribution in [0, 0.1) is 23.7 Å². The fourth-order valence-electron chi connectivity index (χ4n) is 4.33. The van der Waals surface area contributed by atoms with Crippen molar-refractivity contribution in [3.05, 3.63) is 28.2 Å². The highest BCUT2D eigenvalue weighted by atomic mass is 35.5. The molecule has 1 saturated heterocycles. The highest BCUT2D eigenvalue weighted by Gasteiger charge is 2.61. The van der Waals surface area contributed by atoms with Crippen LogP contribution < -0.4 is 4.90 Å². The number of carbonyl (C=O) groups excluding carboxylic acids is 2. The number of benzene rings is 1. The lowest BCUT2D eigenvalue weighted by molar-refractivity contribution is -0.123. The van der Waals surface area contributed by atoms with Gasteiger partial charge in [-0.05, 0) is 49.3 Å². The Morgan fingerprint density at radius 1 is 0.900 bits per heavy atom. The summed E-state index contributed by atoms with van der Waals surface area (Å²) in [4.78, 5) is 26.6. The van der Waals surface area contributed by atoms with Crippen molar-refractivity contribution in [1.29, 1.82) is 0 Å². The van der Waals surface area contributed by atoms with E-state index in [1.807, 2.05) is 0 Å². The lowest BCUT2D eigenvalue weighted by Gasteiger charge is -2.19. The van der Waals surface area contributed by atoms with E-state index in [1.54, 1.807) is 18.2 Å². The third kappa shape index (κ3) is 1.60. The van der Waals surface area contributed by atoms with Gasteiger partial charge in [0.25, 0.3) is 0 Å². The molecule has 3 nitrogen and oxygen atoms in total. The molecule has 2 bridgehead atoms. The average molecular weight is 310 g/mol. The van der Waals surface area contributed by atoms with Crippen LogP contribution in [0.4, 0.5) is 5.69 Å². The van der Waals surface area contributed by atoms with E-state index in [2.05, 4.69) is 0 Å². The maximum atomic E-state index is 12.6. The van der Waals surface area contributed by atoms with Gasteiger partial charge in [-0.1, -0.05) is 23.2 Å². The zero-order valence-corrected chi connectivity index (χ0v) is 12.2. The van der Waals surface area contributed by atoms with Gasteiger partial charge in [0.15, 0.2) is 0 Å². The van der Waals surface area contributed by atoms with Crippen LogP contribution in [0.1, 0.15) is 19.3 Å². The predicted octanol–water partition coefficient (Wildman–Crippen LogP) is 3.53. The van der Waals surface area contributed by atoms with Crippen LogP contribution in [0.2, 0.25) is 10.0 Å². The van der Waals surface area contributed by atoms with Gasteiger partial charge in [-0.2, -0.15) is 0 Å². The molecule has 0 aromatic heterocycles. The van der Waals surface area contributed by atoms with Gasteiger partial charge in [-0.25, -0.2) is 4.90 Å². The van der Waals surface area contributed by atoms with Gasteiger partial charge in [0.1, 0.15) is 0 Å². The zero-order chi connectivity index (χ0) is 14.0. The van der Waals surface area contributed by atoms with E-state index in [1.165, 1.54) is 4.90 Å². The summed E-state index contributed by atoms with van der Waals surface area (Å²) >= 11 is 12.0. The normalized spacial score (nSPS) is 35.0. The molecule has 5 heteroatoms. The van der Waals surface area contributed by atoms with Crippen LogP contribution in [0.5, 0.6) is 0 Å². The van der Waals surface area contributed by atoms with Crippen molar-refractivity contribution in [2.75, 3.05) is 4.90 Å². The highest BCUT2D eigenvalue weighted by Crippen LogP contribution is 2.56. The molecule has 1 aliphatic heterocycles. The number of nitrogens with zero attached hydrogens (tertiary/aromatic N) is 1. The molecule has 0 N–H and O–H groups in total. The van der Waals surface area contributed by atoms with Crippen molar-refractivity contribution in [3.63, 3.8) is 0 Å². The summed E-state index contributed by atoms with van der Waals surface area (Å²) in [6.07, 6.45) is 3.20. The van der Waals surface area contributed by atoms with E-state index in [4.69, 9.17) is 23.2 Å². The summed E-state index contributed by atoms with van der Waals surface area (Å²) < 4.78 is 0.